The number of ether oxygens (including phenoxy) is 2. The maximum Gasteiger partial charge on any atom is 0.127 e. The largest absolute Gasteiger partial charge is 0.497 e. The van der Waals surface area contributed by atoms with Gasteiger partial charge >= 0.3 is 0 Å². The summed E-state index contributed by atoms with van der Waals surface area (Å²) in [5, 5.41) is 3.52. The molecule has 2 aromatic rings. The highest BCUT2D eigenvalue weighted by Crippen LogP contribution is 2.31. The lowest BCUT2D eigenvalue weighted by atomic mass is 10.2. The second kappa shape index (κ2) is 5.66. The number of rotatable bonds is 4. The van der Waals surface area contributed by atoms with Crippen molar-refractivity contribution in [1.82, 2.24) is 14.9 Å². The topological polar surface area (TPSA) is 48.3 Å². The quantitative estimate of drug-likeness (QED) is 0.940. The Kier molecular flexibility index (Phi) is 3.87. The zero-order chi connectivity index (χ0) is 15.0. The van der Waals surface area contributed by atoms with Crippen LogP contribution in [0.25, 0.3) is 11.0 Å². The number of aromatic nitrogens is 2. The zero-order valence-electron chi connectivity index (χ0n) is 13.1. The number of benzene rings is 1. The van der Waals surface area contributed by atoms with Crippen molar-refractivity contribution in [3.05, 3.63) is 24.0 Å². The van der Waals surface area contributed by atoms with Gasteiger partial charge in [-0.1, -0.05) is 0 Å². The Balaban J connectivity index is 2.06. The average molecular weight is 289 g/mol. The van der Waals surface area contributed by atoms with Crippen LogP contribution in [0.15, 0.2) is 18.2 Å². The SMILES string of the molecule is COc1ccc2c(c1)nc(C1CC(OC)CN1)n2C(C)C. The summed E-state index contributed by atoms with van der Waals surface area (Å²) in [5.41, 5.74) is 2.14. The van der Waals surface area contributed by atoms with Crippen molar-refractivity contribution in [2.24, 2.45) is 0 Å². The molecular formula is C16H23N3O2. The molecule has 0 amide bonds. The van der Waals surface area contributed by atoms with Gasteiger partial charge in [-0.25, -0.2) is 4.98 Å². The van der Waals surface area contributed by atoms with Gasteiger partial charge in [-0.2, -0.15) is 0 Å². The van der Waals surface area contributed by atoms with E-state index in [0.29, 0.717) is 6.04 Å². The first-order chi connectivity index (χ1) is 10.1. The van der Waals surface area contributed by atoms with Crippen molar-refractivity contribution in [2.75, 3.05) is 20.8 Å². The molecule has 2 unspecified atom stereocenters. The number of methoxy groups -OCH3 is 2. The molecular weight excluding hydrogens is 266 g/mol. The monoisotopic (exact) mass is 289 g/mol. The molecule has 2 heterocycles. The molecule has 1 N–H and O–H groups in total. The van der Waals surface area contributed by atoms with Gasteiger partial charge in [-0.05, 0) is 32.4 Å². The second-order valence-electron chi connectivity index (χ2n) is 5.84. The summed E-state index contributed by atoms with van der Waals surface area (Å²) < 4.78 is 13.1. The molecule has 5 heteroatoms. The lowest BCUT2D eigenvalue weighted by molar-refractivity contribution is 0.117. The maximum atomic E-state index is 5.45. The molecule has 2 atom stereocenters. The fraction of sp³-hybridized carbons (Fsp3) is 0.562. The molecule has 1 aromatic heterocycles. The summed E-state index contributed by atoms with van der Waals surface area (Å²) in [6.07, 6.45) is 1.23. The first-order valence-corrected chi connectivity index (χ1v) is 7.46. The molecule has 1 saturated heterocycles. The number of hydrogen-bond donors (Lipinski definition) is 1. The summed E-state index contributed by atoms with van der Waals surface area (Å²) in [6.45, 7) is 5.26. The van der Waals surface area contributed by atoms with Crippen LogP contribution in [0.3, 0.4) is 0 Å². The summed E-state index contributed by atoms with van der Waals surface area (Å²) in [5.74, 6) is 1.93. The number of hydrogen-bond acceptors (Lipinski definition) is 4. The molecule has 21 heavy (non-hydrogen) atoms. The van der Waals surface area contributed by atoms with Crippen LogP contribution in [-0.2, 0) is 4.74 Å². The van der Waals surface area contributed by atoms with Crippen molar-refractivity contribution in [3.63, 3.8) is 0 Å². The van der Waals surface area contributed by atoms with Crippen molar-refractivity contribution < 1.29 is 9.47 Å². The van der Waals surface area contributed by atoms with Crippen LogP contribution in [0.4, 0.5) is 0 Å². The highest BCUT2D eigenvalue weighted by molar-refractivity contribution is 5.78. The number of nitrogens with one attached hydrogen (secondary N) is 1. The van der Waals surface area contributed by atoms with E-state index in [1.54, 1.807) is 14.2 Å². The molecule has 1 aromatic carbocycles. The van der Waals surface area contributed by atoms with E-state index in [9.17, 15) is 0 Å². The Morgan fingerprint density at radius 3 is 2.76 bits per heavy atom. The average Bonchev–Trinajstić information content (AvgIpc) is 3.09. The number of nitrogens with zero attached hydrogens (tertiary/aromatic N) is 2. The van der Waals surface area contributed by atoms with Crippen LogP contribution in [0.5, 0.6) is 5.75 Å². The molecule has 0 saturated carbocycles. The minimum atomic E-state index is 0.246. The standard InChI is InChI=1S/C16H23N3O2/c1-10(2)19-15-6-5-11(20-3)7-13(15)18-16(19)14-8-12(21-4)9-17-14/h5-7,10,12,14,17H,8-9H2,1-4H3. The molecule has 1 fully saturated rings. The smallest absolute Gasteiger partial charge is 0.127 e. The van der Waals surface area contributed by atoms with Crippen LogP contribution < -0.4 is 10.1 Å². The third kappa shape index (κ3) is 2.51. The third-order valence-corrected chi connectivity index (χ3v) is 4.18. The predicted octanol–water partition coefficient (Wildman–Crippen LogP) is 2.68. The number of imidazole rings is 1. The lowest BCUT2D eigenvalue weighted by Gasteiger charge is -2.17. The van der Waals surface area contributed by atoms with Crippen molar-refractivity contribution >= 4 is 11.0 Å². The first-order valence-electron chi connectivity index (χ1n) is 7.46. The highest BCUT2D eigenvalue weighted by atomic mass is 16.5. The van der Waals surface area contributed by atoms with E-state index in [4.69, 9.17) is 14.5 Å². The normalized spacial score (nSPS) is 22.3. The van der Waals surface area contributed by atoms with Crippen LogP contribution in [0.1, 0.15) is 38.2 Å². The number of fused-ring (bicyclic) bond motifs is 1. The Morgan fingerprint density at radius 2 is 2.14 bits per heavy atom. The van der Waals surface area contributed by atoms with Crippen molar-refractivity contribution in [3.8, 4) is 5.75 Å². The molecule has 0 bridgehead atoms. The second-order valence-corrected chi connectivity index (χ2v) is 5.84. The molecule has 3 rings (SSSR count). The Bertz CT molecular complexity index is 636. The third-order valence-electron chi connectivity index (χ3n) is 4.18. The van der Waals surface area contributed by atoms with Crippen LogP contribution >= 0.6 is 0 Å². The first kappa shape index (κ1) is 14.4. The van der Waals surface area contributed by atoms with E-state index in [1.807, 2.05) is 12.1 Å². The fourth-order valence-electron chi connectivity index (χ4n) is 3.09. The van der Waals surface area contributed by atoms with Crippen molar-refractivity contribution in [1.29, 1.82) is 0 Å². The van der Waals surface area contributed by atoms with Gasteiger partial charge in [0.2, 0.25) is 0 Å². The lowest BCUT2D eigenvalue weighted by Crippen LogP contribution is -2.19. The predicted molar refractivity (Wildman–Crippen MR) is 82.8 cm³/mol. The van der Waals surface area contributed by atoms with Crippen LogP contribution in [-0.4, -0.2) is 36.4 Å². The van der Waals surface area contributed by atoms with E-state index in [2.05, 4.69) is 29.8 Å². The van der Waals surface area contributed by atoms with Crippen LogP contribution in [0, 0.1) is 0 Å². The summed E-state index contributed by atoms with van der Waals surface area (Å²) >= 11 is 0. The fourth-order valence-corrected chi connectivity index (χ4v) is 3.09. The Morgan fingerprint density at radius 1 is 1.33 bits per heavy atom. The maximum absolute atomic E-state index is 5.45. The Hall–Kier alpha value is -1.59. The van der Waals surface area contributed by atoms with Crippen LogP contribution in [0.2, 0.25) is 0 Å². The molecule has 0 radical (unpaired) electrons. The van der Waals surface area contributed by atoms with Gasteiger partial charge in [-0.15, -0.1) is 0 Å². The summed E-state index contributed by atoms with van der Waals surface area (Å²) in [7, 11) is 3.45. The zero-order valence-corrected chi connectivity index (χ0v) is 13.1. The highest BCUT2D eigenvalue weighted by Gasteiger charge is 2.30. The summed E-state index contributed by atoms with van der Waals surface area (Å²) in [6, 6.07) is 6.69. The molecule has 5 nitrogen and oxygen atoms in total. The van der Waals surface area contributed by atoms with E-state index < -0.39 is 0 Å². The van der Waals surface area contributed by atoms with E-state index in [1.165, 1.54) is 0 Å². The van der Waals surface area contributed by atoms with Gasteiger partial charge in [0, 0.05) is 25.8 Å². The molecule has 1 aliphatic heterocycles. The molecule has 0 aliphatic carbocycles. The van der Waals surface area contributed by atoms with E-state index in [0.717, 1.165) is 35.6 Å². The minimum Gasteiger partial charge on any atom is -0.497 e. The van der Waals surface area contributed by atoms with E-state index in [-0.39, 0.29) is 12.1 Å². The van der Waals surface area contributed by atoms with Gasteiger partial charge in [-0.3, -0.25) is 0 Å². The molecule has 114 valence electrons. The van der Waals surface area contributed by atoms with E-state index >= 15 is 0 Å². The van der Waals surface area contributed by atoms with Gasteiger partial charge in [0.15, 0.2) is 0 Å². The van der Waals surface area contributed by atoms with Gasteiger partial charge in [0.25, 0.3) is 0 Å². The van der Waals surface area contributed by atoms with Crippen molar-refractivity contribution in [2.45, 2.75) is 38.5 Å². The Labute approximate surface area is 125 Å². The molecule has 0 spiro atoms. The molecule has 1 aliphatic rings. The minimum absolute atomic E-state index is 0.246. The van der Waals surface area contributed by atoms with Gasteiger partial charge in [0.05, 0.1) is 30.3 Å². The summed E-state index contributed by atoms with van der Waals surface area (Å²) in [4.78, 5) is 4.86. The van der Waals surface area contributed by atoms with Gasteiger partial charge in [0.1, 0.15) is 11.6 Å². The van der Waals surface area contributed by atoms with Gasteiger partial charge < -0.3 is 19.4 Å².